The van der Waals surface area contributed by atoms with Gasteiger partial charge in [-0.05, 0) is 18.1 Å². The molecule has 2 heterocycles. The molecule has 0 radical (unpaired) electrons. The first-order valence-electron chi connectivity index (χ1n) is 8.75. The quantitative estimate of drug-likeness (QED) is 0.447. The van der Waals surface area contributed by atoms with Crippen molar-refractivity contribution in [2.45, 2.75) is 13.5 Å². The van der Waals surface area contributed by atoms with Crippen LogP contribution in [0.25, 0.3) is 10.4 Å². The van der Waals surface area contributed by atoms with Gasteiger partial charge in [0.1, 0.15) is 4.88 Å². The normalized spacial score (nSPS) is 10.6. The van der Waals surface area contributed by atoms with Gasteiger partial charge < -0.3 is 5.32 Å². The first kappa shape index (κ1) is 18.3. The summed E-state index contributed by atoms with van der Waals surface area (Å²) >= 11 is 2.78. The molecule has 1 amide bonds. The Balaban J connectivity index is 1.38. The van der Waals surface area contributed by atoms with Crippen molar-refractivity contribution in [1.29, 1.82) is 0 Å². The molecule has 2 aromatic carbocycles. The number of aryl methyl sites for hydroxylation is 1. The summed E-state index contributed by atoms with van der Waals surface area (Å²) in [5, 5.41) is 7.40. The van der Waals surface area contributed by atoms with E-state index in [9.17, 15) is 4.79 Å². The Labute approximate surface area is 171 Å². The number of rotatable bonds is 6. The summed E-state index contributed by atoms with van der Waals surface area (Å²) in [6.07, 6.45) is 3.37. The summed E-state index contributed by atoms with van der Waals surface area (Å²) in [5.41, 5.74) is 3.47. The van der Waals surface area contributed by atoms with Gasteiger partial charge in [0.2, 0.25) is 0 Å². The Morgan fingerprint density at radius 3 is 2.46 bits per heavy atom. The molecule has 0 atom stereocenters. The van der Waals surface area contributed by atoms with E-state index in [-0.39, 0.29) is 5.91 Å². The maximum atomic E-state index is 12.5. The predicted molar refractivity (Wildman–Crippen MR) is 116 cm³/mol. The van der Waals surface area contributed by atoms with Crippen LogP contribution in [-0.4, -0.2) is 15.9 Å². The highest BCUT2D eigenvalue weighted by molar-refractivity contribution is 7.19. The summed E-state index contributed by atoms with van der Waals surface area (Å²) in [6, 6.07) is 18.3. The lowest BCUT2D eigenvalue weighted by Gasteiger charge is -2.01. The van der Waals surface area contributed by atoms with Crippen molar-refractivity contribution in [3.63, 3.8) is 0 Å². The van der Waals surface area contributed by atoms with E-state index >= 15 is 0 Å². The zero-order valence-corrected chi connectivity index (χ0v) is 16.8. The van der Waals surface area contributed by atoms with Gasteiger partial charge in [-0.15, -0.1) is 0 Å². The zero-order valence-electron chi connectivity index (χ0n) is 15.2. The van der Waals surface area contributed by atoms with Crippen LogP contribution in [-0.2, 0) is 6.54 Å². The predicted octanol–water partition coefficient (Wildman–Crippen LogP) is 5.44. The summed E-state index contributed by atoms with van der Waals surface area (Å²) in [6.45, 7) is 2.72. The van der Waals surface area contributed by atoms with Gasteiger partial charge in [0, 0.05) is 12.7 Å². The van der Waals surface area contributed by atoms with Crippen molar-refractivity contribution < 1.29 is 4.79 Å². The van der Waals surface area contributed by atoms with E-state index in [4.69, 9.17) is 0 Å². The third-order valence-electron chi connectivity index (χ3n) is 4.08. The van der Waals surface area contributed by atoms with E-state index in [1.54, 1.807) is 12.4 Å². The fourth-order valence-electron chi connectivity index (χ4n) is 2.58. The summed E-state index contributed by atoms with van der Waals surface area (Å²) in [4.78, 5) is 22.7. The molecule has 0 bridgehead atoms. The molecule has 4 rings (SSSR count). The lowest BCUT2D eigenvalue weighted by molar-refractivity contribution is 0.103. The molecule has 0 aliphatic heterocycles. The van der Waals surface area contributed by atoms with E-state index in [2.05, 4.69) is 51.8 Å². The van der Waals surface area contributed by atoms with Crippen molar-refractivity contribution in [1.82, 2.24) is 9.97 Å². The number of anilines is 2. The van der Waals surface area contributed by atoms with Crippen molar-refractivity contribution in [2.24, 2.45) is 0 Å². The molecule has 0 aliphatic carbocycles. The molecule has 0 spiro atoms. The van der Waals surface area contributed by atoms with Gasteiger partial charge in [-0.3, -0.25) is 10.1 Å². The minimum Gasteiger partial charge on any atom is -0.357 e. The first-order chi connectivity index (χ1) is 13.7. The lowest BCUT2D eigenvalue weighted by Crippen LogP contribution is -2.09. The summed E-state index contributed by atoms with van der Waals surface area (Å²) in [5.74, 6) is -0.199. The number of nitrogens with zero attached hydrogens (tertiary/aromatic N) is 2. The van der Waals surface area contributed by atoms with Crippen molar-refractivity contribution in [2.75, 3.05) is 10.6 Å². The average Bonchev–Trinajstić information content (AvgIpc) is 3.38. The minimum atomic E-state index is -0.199. The zero-order chi connectivity index (χ0) is 19.3. The fraction of sp³-hybridized carbons (Fsp3) is 0.0952. The number of benzene rings is 2. The van der Waals surface area contributed by atoms with Gasteiger partial charge >= 0.3 is 0 Å². The van der Waals surface area contributed by atoms with Crippen molar-refractivity contribution in [3.05, 3.63) is 83.0 Å². The van der Waals surface area contributed by atoms with Crippen LogP contribution >= 0.6 is 22.7 Å². The Morgan fingerprint density at radius 1 is 0.929 bits per heavy atom. The highest BCUT2D eigenvalue weighted by Crippen LogP contribution is 2.29. The standard InChI is InChI=1S/C21H18N4OS2/c1-14-7-9-16(10-8-14)17-12-24-21(27-17)25-19(26)18-13-23-20(28-18)22-11-15-5-3-2-4-6-15/h2-10,12-13H,11H2,1H3,(H,22,23)(H,24,25,26). The molecule has 4 aromatic rings. The minimum absolute atomic E-state index is 0.199. The van der Waals surface area contributed by atoms with E-state index in [0.29, 0.717) is 21.7 Å². The molecular weight excluding hydrogens is 388 g/mol. The number of hydrogen-bond donors (Lipinski definition) is 2. The van der Waals surface area contributed by atoms with Crippen LogP contribution < -0.4 is 10.6 Å². The molecule has 0 fully saturated rings. The van der Waals surface area contributed by atoms with E-state index in [0.717, 1.165) is 16.0 Å². The molecule has 0 saturated heterocycles. The monoisotopic (exact) mass is 406 g/mol. The van der Waals surface area contributed by atoms with E-state index in [1.807, 2.05) is 30.3 Å². The lowest BCUT2D eigenvalue weighted by atomic mass is 10.1. The molecule has 2 N–H and O–H groups in total. The molecular formula is C21H18N4OS2. The van der Waals surface area contributed by atoms with Crippen LogP contribution in [0.15, 0.2) is 67.0 Å². The molecule has 28 heavy (non-hydrogen) atoms. The Morgan fingerprint density at radius 2 is 1.68 bits per heavy atom. The fourth-order valence-corrected chi connectivity index (χ4v) is 4.10. The van der Waals surface area contributed by atoms with Crippen LogP contribution in [0.2, 0.25) is 0 Å². The molecule has 2 aromatic heterocycles. The van der Waals surface area contributed by atoms with Gasteiger partial charge in [-0.1, -0.05) is 82.8 Å². The molecule has 5 nitrogen and oxygen atoms in total. The van der Waals surface area contributed by atoms with Gasteiger partial charge in [0.15, 0.2) is 10.3 Å². The second-order valence-corrected chi connectivity index (χ2v) is 8.28. The highest BCUT2D eigenvalue weighted by atomic mass is 32.1. The third-order valence-corrected chi connectivity index (χ3v) is 5.99. The highest BCUT2D eigenvalue weighted by Gasteiger charge is 2.13. The van der Waals surface area contributed by atoms with Gasteiger partial charge in [-0.2, -0.15) is 0 Å². The van der Waals surface area contributed by atoms with Gasteiger partial charge in [-0.25, -0.2) is 9.97 Å². The van der Waals surface area contributed by atoms with Crippen LogP contribution in [0.5, 0.6) is 0 Å². The Hall–Kier alpha value is -3.03. The summed E-state index contributed by atoms with van der Waals surface area (Å²) in [7, 11) is 0. The van der Waals surface area contributed by atoms with Crippen LogP contribution in [0.1, 0.15) is 20.8 Å². The van der Waals surface area contributed by atoms with Crippen molar-refractivity contribution >= 4 is 38.8 Å². The third kappa shape index (κ3) is 4.44. The second kappa shape index (κ2) is 8.33. The molecule has 140 valence electrons. The SMILES string of the molecule is Cc1ccc(-c2cnc(NC(=O)c3cnc(NCc4ccccc4)s3)s2)cc1. The number of thiazole rings is 2. The molecule has 0 unspecified atom stereocenters. The molecule has 0 saturated carbocycles. The van der Waals surface area contributed by atoms with Crippen LogP contribution in [0, 0.1) is 6.92 Å². The van der Waals surface area contributed by atoms with E-state index in [1.165, 1.54) is 28.2 Å². The number of amides is 1. The molecule has 7 heteroatoms. The van der Waals surface area contributed by atoms with Gasteiger partial charge in [0.05, 0.1) is 11.1 Å². The number of aromatic nitrogens is 2. The maximum Gasteiger partial charge on any atom is 0.269 e. The smallest absolute Gasteiger partial charge is 0.269 e. The van der Waals surface area contributed by atoms with E-state index < -0.39 is 0 Å². The number of carbonyl (C=O) groups is 1. The Bertz CT molecular complexity index is 1070. The largest absolute Gasteiger partial charge is 0.357 e. The number of carbonyl (C=O) groups excluding carboxylic acids is 1. The topological polar surface area (TPSA) is 66.9 Å². The van der Waals surface area contributed by atoms with Gasteiger partial charge in [0.25, 0.3) is 5.91 Å². The second-order valence-electron chi connectivity index (χ2n) is 6.22. The first-order valence-corrected chi connectivity index (χ1v) is 10.4. The molecule has 0 aliphatic rings. The maximum absolute atomic E-state index is 12.5. The average molecular weight is 407 g/mol. The van der Waals surface area contributed by atoms with Crippen molar-refractivity contribution in [3.8, 4) is 10.4 Å². The van der Waals surface area contributed by atoms with Crippen LogP contribution in [0.3, 0.4) is 0 Å². The number of nitrogens with one attached hydrogen (secondary N) is 2. The van der Waals surface area contributed by atoms with Crippen LogP contribution in [0.4, 0.5) is 10.3 Å². The Kier molecular flexibility index (Phi) is 5.45. The summed E-state index contributed by atoms with van der Waals surface area (Å²) < 4.78 is 0. The number of hydrogen-bond acceptors (Lipinski definition) is 6.